The Morgan fingerprint density at radius 2 is 2.23 bits per heavy atom. The molecule has 1 saturated heterocycles. The van der Waals surface area contributed by atoms with Crippen LogP contribution in [-0.4, -0.2) is 48.1 Å². The predicted molar refractivity (Wildman–Crippen MR) is 82.1 cm³/mol. The van der Waals surface area contributed by atoms with Gasteiger partial charge in [-0.3, -0.25) is 9.69 Å². The highest BCUT2D eigenvalue weighted by Crippen LogP contribution is 2.22. The van der Waals surface area contributed by atoms with Crippen molar-refractivity contribution in [3.05, 3.63) is 29.3 Å². The molecule has 120 valence electrons. The van der Waals surface area contributed by atoms with E-state index in [1.807, 2.05) is 6.07 Å². The second-order valence-electron chi connectivity index (χ2n) is 5.61. The average molecular weight is 306 g/mol. The van der Waals surface area contributed by atoms with E-state index in [1.165, 1.54) is 14.0 Å². The number of rotatable bonds is 5. The van der Waals surface area contributed by atoms with E-state index in [1.54, 1.807) is 12.1 Å². The lowest BCUT2D eigenvalue weighted by molar-refractivity contribution is -0.120. The molecule has 2 rings (SSSR count). The molecule has 6 nitrogen and oxygen atoms in total. The Morgan fingerprint density at radius 3 is 2.86 bits per heavy atom. The minimum Gasteiger partial charge on any atom is -0.496 e. The quantitative estimate of drug-likeness (QED) is 0.862. The van der Waals surface area contributed by atoms with Crippen molar-refractivity contribution >= 4 is 11.9 Å². The van der Waals surface area contributed by atoms with Crippen LogP contribution in [0.5, 0.6) is 5.75 Å². The van der Waals surface area contributed by atoms with Crippen molar-refractivity contribution in [1.82, 2.24) is 10.2 Å². The fourth-order valence-electron chi connectivity index (χ4n) is 2.88. The van der Waals surface area contributed by atoms with Crippen LogP contribution in [0.3, 0.4) is 0 Å². The highest BCUT2D eigenvalue weighted by atomic mass is 16.5. The molecule has 1 fully saturated rings. The Hall–Kier alpha value is -2.08. The monoisotopic (exact) mass is 306 g/mol. The zero-order valence-electron chi connectivity index (χ0n) is 13.0. The van der Waals surface area contributed by atoms with Crippen LogP contribution in [0, 0.1) is 0 Å². The number of carboxylic acids is 1. The molecule has 1 amide bonds. The fraction of sp³-hybridized carbons (Fsp3) is 0.500. The van der Waals surface area contributed by atoms with E-state index >= 15 is 0 Å². The number of carbonyl (C=O) groups excluding carboxylic acids is 1. The van der Waals surface area contributed by atoms with Crippen LogP contribution < -0.4 is 10.1 Å². The summed E-state index contributed by atoms with van der Waals surface area (Å²) in [5.41, 5.74) is 1.11. The smallest absolute Gasteiger partial charge is 0.339 e. The Labute approximate surface area is 130 Å². The van der Waals surface area contributed by atoms with E-state index in [-0.39, 0.29) is 17.5 Å². The van der Waals surface area contributed by atoms with Crippen molar-refractivity contribution in [1.29, 1.82) is 0 Å². The molecule has 0 aromatic heterocycles. The number of nitrogens with one attached hydrogen (secondary N) is 1. The highest BCUT2D eigenvalue weighted by Gasteiger charge is 2.21. The van der Waals surface area contributed by atoms with Crippen molar-refractivity contribution in [2.45, 2.75) is 32.4 Å². The first-order valence-corrected chi connectivity index (χ1v) is 7.39. The van der Waals surface area contributed by atoms with Crippen molar-refractivity contribution in [2.75, 3.05) is 20.2 Å². The molecule has 0 bridgehead atoms. The summed E-state index contributed by atoms with van der Waals surface area (Å²) < 4.78 is 5.07. The lowest BCUT2D eigenvalue weighted by Crippen LogP contribution is -2.46. The molecule has 6 heteroatoms. The van der Waals surface area contributed by atoms with Crippen molar-refractivity contribution < 1.29 is 19.4 Å². The summed E-state index contributed by atoms with van der Waals surface area (Å²) in [6, 6.07) is 5.40. The highest BCUT2D eigenvalue weighted by molar-refractivity contribution is 5.91. The Kier molecular flexibility index (Phi) is 5.38. The summed E-state index contributed by atoms with van der Waals surface area (Å²) in [4.78, 5) is 24.6. The van der Waals surface area contributed by atoms with E-state index < -0.39 is 5.97 Å². The zero-order chi connectivity index (χ0) is 16.1. The minimum atomic E-state index is -0.992. The van der Waals surface area contributed by atoms with E-state index in [0.717, 1.165) is 31.5 Å². The van der Waals surface area contributed by atoms with Gasteiger partial charge in [-0.25, -0.2) is 4.79 Å². The largest absolute Gasteiger partial charge is 0.496 e. The van der Waals surface area contributed by atoms with Crippen LogP contribution >= 0.6 is 0 Å². The summed E-state index contributed by atoms with van der Waals surface area (Å²) in [6.45, 7) is 3.93. The van der Waals surface area contributed by atoms with Gasteiger partial charge < -0.3 is 15.2 Å². The number of piperidine rings is 1. The normalized spacial score (nSPS) is 18.7. The maximum Gasteiger partial charge on any atom is 0.339 e. The van der Waals surface area contributed by atoms with Crippen molar-refractivity contribution in [3.63, 3.8) is 0 Å². The Bertz CT molecular complexity index is 559. The number of aromatic carboxylic acids is 1. The van der Waals surface area contributed by atoms with Gasteiger partial charge in [-0.15, -0.1) is 0 Å². The molecule has 2 N–H and O–H groups in total. The van der Waals surface area contributed by atoms with Gasteiger partial charge in [-0.2, -0.15) is 0 Å². The first-order valence-electron chi connectivity index (χ1n) is 7.39. The van der Waals surface area contributed by atoms with Gasteiger partial charge in [0.05, 0.1) is 7.11 Å². The topological polar surface area (TPSA) is 78.9 Å². The molecule has 1 heterocycles. The maximum atomic E-state index is 11.3. The number of hydrogen-bond donors (Lipinski definition) is 2. The number of ether oxygens (including phenoxy) is 1. The second kappa shape index (κ2) is 7.26. The fourth-order valence-corrected chi connectivity index (χ4v) is 2.88. The van der Waals surface area contributed by atoms with E-state index in [9.17, 15) is 14.7 Å². The Balaban J connectivity index is 2.05. The van der Waals surface area contributed by atoms with Gasteiger partial charge in [0.25, 0.3) is 0 Å². The first-order chi connectivity index (χ1) is 10.5. The molecular weight excluding hydrogens is 284 g/mol. The summed E-state index contributed by atoms with van der Waals surface area (Å²) >= 11 is 0. The van der Waals surface area contributed by atoms with Crippen LogP contribution in [0.2, 0.25) is 0 Å². The summed E-state index contributed by atoms with van der Waals surface area (Å²) in [5, 5.41) is 12.2. The van der Waals surface area contributed by atoms with E-state index in [4.69, 9.17) is 4.74 Å². The molecule has 0 spiro atoms. The van der Waals surface area contributed by atoms with E-state index in [2.05, 4.69) is 10.2 Å². The zero-order valence-corrected chi connectivity index (χ0v) is 13.0. The third-order valence-electron chi connectivity index (χ3n) is 3.81. The summed E-state index contributed by atoms with van der Waals surface area (Å²) in [7, 11) is 1.46. The SMILES string of the molecule is COc1ccc(CN2CCC[C@@H](NC(C)=O)C2)cc1C(=O)O. The summed E-state index contributed by atoms with van der Waals surface area (Å²) in [5.74, 6) is -0.635. The third-order valence-corrected chi connectivity index (χ3v) is 3.81. The molecule has 0 saturated carbocycles. The number of amides is 1. The van der Waals surface area contributed by atoms with E-state index in [0.29, 0.717) is 12.3 Å². The van der Waals surface area contributed by atoms with Gasteiger partial charge in [-0.1, -0.05) is 6.07 Å². The first kappa shape index (κ1) is 16.3. The van der Waals surface area contributed by atoms with Gasteiger partial charge in [-0.05, 0) is 37.1 Å². The number of benzene rings is 1. The molecule has 0 radical (unpaired) electrons. The van der Waals surface area contributed by atoms with Crippen LogP contribution in [0.4, 0.5) is 0 Å². The third kappa shape index (κ3) is 4.21. The van der Waals surface area contributed by atoms with Crippen molar-refractivity contribution in [3.8, 4) is 5.75 Å². The number of methoxy groups -OCH3 is 1. The number of likely N-dealkylation sites (tertiary alicyclic amines) is 1. The van der Waals surface area contributed by atoms with Gasteiger partial charge >= 0.3 is 5.97 Å². The maximum absolute atomic E-state index is 11.3. The molecule has 0 unspecified atom stereocenters. The standard InChI is InChI=1S/C16H22N2O4/c1-11(19)17-13-4-3-7-18(10-13)9-12-5-6-15(22-2)14(8-12)16(20)21/h5-6,8,13H,3-4,7,9-10H2,1-2H3,(H,17,19)(H,20,21)/t13-/m1/s1. The van der Waals surface area contributed by atoms with Gasteiger partial charge in [0, 0.05) is 26.1 Å². The van der Waals surface area contributed by atoms with Gasteiger partial charge in [0.1, 0.15) is 11.3 Å². The lowest BCUT2D eigenvalue weighted by atomic mass is 10.0. The minimum absolute atomic E-state index is 0.00976. The summed E-state index contributed by atoms with van der Waals surface area (Å²) in [6.07, 6.45) is 2.01. The molecule has 22 heavy (non-hydrogen) atoms. The van der Waals surface area contributed by atoms with Gasteiger partial charge in [0.15, 0.2) is 0 Å². The Morgan fingerprint density at radius 1 is 1.45 bits per heavy atom. The molecule has 1 aliphatic rings. The average Bonchev–Trinajstić information content (AvgIpc) is 2.46. The number of carbonyl (C=O) groups is 2. The molecule has 1 aromatic rings. The van der Waals surface area contributed by atoms with Crippen LogP contribution in [0.15, 0.2) is 18.2 Å². The molecule has 1 atom stereocenters. The predicted octanol–water partition coefficient (Wildman–Crippen LogP) is 1.49. The number of hydrogen-bond acceptors (Lipinski definition) is 4. The molecular formula is C16H22N2O4. The van der Waals surface area contributed by atoms with Crippen LogP contribution in [0.25, 0.3) is 0 Å². The molecule has 1 aromatic carbocycles. The molecule has 0 aliphatic carbocycles. The number of carboxylic acid groups (broad SMARTS) is 1. The number of nitrogens with zero attached hydrogens (tertiary/aromatic N) is 1. The van der Waals surface area contributed by atoms with Gasteiger partial charge in [0.2, 0.25) is 5.91 Å². The van der Waals surface area contributed by atoms with Crippen LogP contribution in [-0.2, 0) is 11.3 Å². The van der Waals surface area contributed by atoms with Crippen molar-refractivity contribution in [2.24, 2.45) is 0 Å². The van der Waals surface area contributed by atoms with Crippen LogP contribution in [0.1, 0.15) is 35.7 Å². The molecule has 1 aliphatic heterocycles. The second-order valence-corrected chi connectivity index (χ2v) is 5.61. The lowest BCUT2D eigenvalue weighted by Gasteiger charge is -2.33.